The molecule has 4 aliphatic heterocycles. The van der Waals surface area contributed by atoms with Crippen molar-refractivity contribution in [2.75, 3.05) is 39.4 Å². The number of hydrogen-bond acceptors (Lipinski definition) is 8. The van der Waals surface area contributed by atoms with E-state index in [2.05, 4.69) is 20.9 Å². The van der Waals surface area contributed by atoms with Crippen molar-refractivity contribution < 1.29 is 33.8 Å². The molecule has 12 heteroatoms. The molecule has 0 saturated carbocycles. The van der Waals surface area contributed by atoms with E-state index >= 15 is 0 Å². The molecule has 4 N–H and O–H groups in total. The van der Waals surface area contributed by atoms with Crippen LogP contribution in [-0.4, -0.2) is 102 Å². The van der Waals surface area contributed by atoms with Gasteiger partial charge in [0.15, 0.2) is 0 Å². The Morgan fingerprint density at radius 3 is 2.22 bits per heavy atom. The highest BCUT2D eigenvalue weighted by atomic mass is 16.5. The minimum absolute atomic E-state index is 0.0511. The predicted octanol–water partition coefficient (Wildman–Crippen LogP) is 1.81. The summed E-state index contributed by atoms with van der Waals surface area (Å²) in [6.45, 7) is 9.51. The number of piperidine rings is 1. The normalized spacial score (nSPS) is 24.2. The maximum Gasteiger partial charge on any atom is 0.255 e. The summed E-state index contributed by atoms with van der Waals surface area (Å²) in [5, 5.41) is 18.6. The second-order valence-corrected chi connectivity index (χ2v) is 12.3. The first-order valence-electron chi connectivity index (χ1n) is 15.7. The molecule has 0 aliphatic carbocycles. The Hall–Kier alpha value is -4.16. The summed E-state index contributed by atoms with van der Waals surface area (Å²) in [6, 6.07) is 9.03. The Kier molecular flexibility index (Phi) is 10.2. The molecule has 45 heavy (non-hydrogen) atoms. The van der Waals surface area contributed by atoms with Crippen molar-refractivity contribution in [2.45, 2.75) is 64.2 Å². The summed E-state index contributed by atoms with van der Waals surface area (Å²) in [5.74, 6) is -1.68. The number of phenols is 1. The molecule has 2 aromatic rings. The van der Waals surface area contributed by atoms with Crippen molar-refractivity contribution in [3.8, 4) is 17.2 Å². The van der Waals surface area contributed by atoms with Crippen molar-refractivity contribution >= 4 is 23.6 Å². The largest absolute Gasteiger partial charge is 0.507 e. The maximum absolute atomic E-state index is 13.9. The van der Waals surface area contributed by atoms with Crippen molar-refractivity contribution in [2.24, 2.45) is 5.92 Å². The first-order valence-corrected chi connectivity index (χ1v) is 15.7. The van der Waals surface area contributed by atoms with Gasteiger partial charge in [-0.1, -0.05) is 26.0 Å². The van der Waals surface area contributed by atoms with Crippen molar-refractivity contribution in [3.05, 3.63) is 53.6 Å². The lowest BCUT2D eigenvalue weighted by Crippen LogP contribution is -2.58. The molecule has 4 amide bonds. The van der Waals surface area contributed by atoms with Gasteiger partial charge in [-0.2, -0.15) is 0 Å². The number of nitrogens with zero attached hydrogens (tertiary/aromatic N) is 2. The standard InChI is InChI=1S/C33H43N5O7/c1-20(2)29-32(42)34-21(3)30(40)35-27(33(43)38-12-10-23(11-13-38)37-14-16-44-17-15-37)18-22-4-6-24(7-5-22)45-25-8-9-28(39)26(19-25)31(41)36-29/h4-9,19-21,23,27,29,39H,10-18H2,1-3H3,(H,34,42)(H,35,40)(H,36,41)/t21-,27+,29-/m0/s1. The molecule has 242 valence electrons. The van der Waals surface area contributed by atoms with Crippen LogP contribution in [0.2, 0.25) is 0 Å². The smallest absolute Gasteiger partial charge is 0.255 e. The quantitative estimate of drug-likeness (QED) is 0.379. The van der Waals surface area contributed by atoms with Crippen LogP contribution in [0.25, 0.3) is 0 Å². The molecule has 2 saturated heterocycles. The summed E-state index contributed by atoms with van der Waals surface area (Å²) < 4.78 is 11.4. The minimum atomic E-state index is -0.993. The highest BCUT2D eigenvalue weighted by Crippen LogP contribution is 2.28. The van der Waals surface area contributed by atoms with E-state index in [4.69, 9.17) is 9.47 Å². The summed E-state index contributed by atoms with van der Waals surface area (Å²) in [7, 11) is 0. The topological polar surface area (TPSA) is 150 Å². The molecule has 3 atom stereocenters. The highest BCUT2D eigenvalue weighted by Gasteiger charge is 2.34. The predicted molar refractivity (Wildman–Crippen MR) is 166 cm³/mol. The molecule has 2 fully saturated rings. The van der Waals surface area contributed by atoms with Crippen LogP contribution in [0.4, 0.5) is 0 Å². The van der Waals surface area contributed by atoms with E-state index in [-0.39, 0.29) is 29.6 Å². The van der Waals surface area contributed by atoms with Gasteiger partial charge in [0, 0.05) is 38.6 Å². The minimum Gasteiger partial charge on any atom is -0.507 e. The number of carbonyl (C=O) groups is 4. The number of aromatic hydroxyl groups is 1. The van der Waals surface area contributed by atoms with Gasteiger partial charge >= 0.3 is 0 Å². The third-order valence-corrected chi connectivity index (χ3v) is 8.75. The average Bonchev–Trinajstić information content (AvgIpc) is 3.04. The number of benzene rings is 2. The summed E-state index contributed by atoms with van der Waals surface area (Å²) >= 11 is 0. The molecule has 6 rings (SSSR count). The number of ether oxygens (including phenoxy) is 2. The molecular weight excluding hydrogens is 578 g/mol. The zero-order chi connectivity index (χ0) is 32.1. The zero-order valence-electron chi connectivity index (χ0n) is 26.1. The van der Waals surface area contributed by atoms with E-state index in [0.717, 1.165) is 44.7 Å². The molecule has 0 radical (unpaired) electrons. The molecule has 0 aromatic heterocycles. The molecule has 12 nitrogen and oxygen atoms in total. The van der Waals surface area contributed by atoms with Gasteiger partial charge < -0.3 is 35.4 Å². The van der Waals surface area contributed by atoms with Gasteiger partial charge in [0.25, 0.3) is 5.91 Å². The molecule has 0 spiro atoms. The molecule has 4 aliphatic rings. The van der Waals surface area contributed by atoms with Gasteiger partial charge in [-0.15, -0.1) is 0 Å². The molecule has 2 aromatic carbocycles. The maximum atomic E-state index is 13.9. The fraction of sp³-hybridized carbons (Fsp3) is 0.515. The first-order chi connectivity index (χ1) is 21.6. The molecule has 4 bridgehead atoms. The Balaban J connectivity index is 1.38. The molecule has 4 heterocycles. The van der Waals surface area contributed by atoms with Crippen LogP contribution in [0.5, 0.6) is 17.2 Å². The van der Waals surface area contributed by atoms with Gasteiger partial charge in [-0.25, -0.2) is 0 Å². The number of morpholine rings is 1. The molecular formula is C33H43N5O7. The SMILES string of the molecule is CC(C)[C@@H]1NC(=O)c2cc(ccc2O)Oc2ccc(cc2)C[C@H](C(=O)N2CCC(N3CCOCC3)CC2)NC(=O)[C@H](C)NC1=O. The third-order valence-electron chi connectivity index (χ3n) is 8.75. The van der Waals surface area contributed by atoms with Crippen molar-refractivity contribution in [1.29, 1.82) is 0 Å². The number of rotatable bonds is 3. The van der Waals surface area contributed by atoms with E-state index in [1.54, 1.807) is 39.0 Å². The number of fused-ring (bicyclic) bond motifs is 11. The van der Waals surface area contributed by atoms with E-state index < -0.39 is 35.8 Å². The van der Waals surface area contributed by atoms with Crippen LogP contribution in [0, 0.1) is 5.92 Å². The first kappa shape index (κ1) is 32.2. The summed E-state index contributed by atoms with van der Waals surface area (Å²) in [4.78, 5) is 58.0. The average molecular weight is 622 g/mol. The van der Waals surface area contributed by atoms with Gasteiger partial charge in [-0.05, 0) is 61.6 Å². The lowest BCUT2D eigenvalue weighted by atomic mass is 9.99. The van der Waals surface area contributed by atoms with Gasteiger partial charge in [0.1, 0.15) is 35.4 Å². The van der Waals surface area contributed by atoms with Crippen LogP contribution < -0.4 is 20.7 Å². The van der Waals surface area contributed by atoms with Gasteiger partial charge in [0.2, 0.25) is 17.7 Å². The Bertz CT molecular complexity index is 1380. The third kappa shape index (κ3) is 7.93. The second-order valence-electron chi connectivity index (χ2n) is 12.3. The van der Waals surface area contributed by atoms with Crippen LogP contribution in [0.1, 0.15) is 49.5 Å². The lowest BCUT2D eigenvalue weighted by Gasteiger charge is -2.41. The monoisotopic (exact) mass is 621 g/mol. The second kappa shape index (κ2) is 14.3. The number of nitrogens with one attached hydrogen (secondary N) is 3. The van der Waals surface area contributed by atoms with E-state index in [9.17, 15) is 24.3 Å². The molecule has 0 unspecified atom stereocenters. The lowest BCUT2D eigenvalue weighted by molar-refractivity contribution is -0.138. The fourth-order valence-electron chi connectivity index (χ4n) is 6.06. The Labute approximate surface area is 263 Å². The number of carbonyl (C=O) groups excluding carboxylic acids is 4. The van der Waals surface area contributed by atoms with Crippen molar-refractivity contribution in [1.82, 2.24) is 25.8 Å². The van der Waals surface area contributed by atoms with Crippen LogP contribution in [0.3, 0.4) is 0 Å². The number of phenolic OH excluding ortho intramolecular Hbond substituents is 1. The van der Waals surface area contributed by atoms with E-state index in [1.165, 1.54) is 12.1 Å². The Morgan fingerprint density at radius 2 is 1.56 bits per heavy atom. The fourth-order valence-corrected chi connectivity index (χ4v) is 6.06. The number of amides is 4. The van der Waals surface area contributed by atoms with Crippen LogP contribution >= 0.6 is 0 Å². The van der Waals surface area contributed by atoms with Crippen LogP contribution in [-0.2, 0) is 25.5 Å². The number of likely N-dealkylation sites (tertiary alicyclic amines) is 1. The summed E-state index contributed by atoms with van der Waals surface area (Å²) in [5.41, 5.74) is 0.762. The number of hydrogen-bond donors (Lipinski definition) is 4. The zero-order valence-corrected chi connectivity index (χ0v) is 26.1. The van der Waals surface area contributed by atoms with Crippen molar-refractivity contribution in [3.63, 3.8) is 0 Å². The van der Waals surface area contributed by atoms with Gasteiger partial charge in [0.05, 0.1) is 18.8 Å². The highest BCUT2D eigenvalue weighted by molar-refractivity contribution is 6.00. The van der Waals surface area contributed by atoms with E-state index in [1.807, 2.05) is 17.0 Å². The van der Waals surface area contributed by atoms with E-state index in [0.29, 0.717) is 30.6 Å². The summed E-state index contributed by atoms with van der Waals surface area (Å²) in [6.07, 6.45) is 1.96. The van der Waals surface area contributed by atoms with Gasteiger partial charge in [-0.3, -0.25) is 24.1 Å². The Morgan fingerprint density at radius 1 is 0.889 bits per heavy atom. The van der Waals surface area contributed by atoms with Crippen LogP contribution in [0.15, 0.2) is 42.5 Å².